The average Bonchev–Trinajstić information content (AvgIpc) is 2.92. The van der Waals surface area contributed by atoms with Crippen molar-refractivity contribution in [3.05, 3.63) is 26.7 Å². The van der Waals surface area contributed by atoms with Gasteiger partial charge in [-0.2, -0.15) is 0 Å². The summed E-state index contributed by atoms with van der Waals surface area (Å²) in [6.07, 6.45) is 1.28. The van der Waals surface area contributed by atoms with Crippen LogP contribution in [0.15, 0.2) is 9.59 Å². The quantitative estimate of drug-likeness (QED) is 0.621. The van der Waals surface area contributed by atoms with E-state index in [1.54, 1.807) is 0 Å². The molecule has 1 fully saturated rings. The molecule has 3 unspecified atom stereocenters. The highest BCUT2D eigenvalue weighted by Crippen LogP contribution is 2.42. The SMILES string of the molecule is CC1CC(C(=O)O)C(c2nc3[nH]c(=O)[nH]c(=O)c3[nH]2)C1. The molecule has 0 radical (unpaired) electrons. The van der Waals surface area contributed by atoms with Crippen molar-refractivity contribution in [3.63, 3.8) is 0 Å². The summed E-state index contributed by atoms with van der Waals surface area (Å²) in [7, 11) is 0. The van der Waals surface area contributed by atoms with Crippen molar-refractivity contribution in [3.8, 4) is 0 Å². The van der Waals surface area contributed by atoms with Gasteiger partial charge >= 0.3 is 11.7 Å². The van der Waals surface area contributed by atoms with Gasteiger partial charge in [-0.05, 0) is 18.8 Å². The molecule has 3 rings (SSSR count). The number of nitrogens with zero attached hydrogens (tertiary/aromatic N) is 1. The summed E-state index contributed by atoms with van der Waals surface area (Å²) in [6, 6.07) is 0. The van der Waals surface area contributed by atoms with Crippen LogP contribution < -0.4 is 11.2 Å². The van der Waals surface area contributed by atoms with E-state index in [4.69, 9.17) is 0 Å². The lowest BCUT2D eigenvalue weighted by Gasteiger charge is -2.12. The Balaban J connectivity index is 2.10. The standard InChI is InChI=1S/C12H14N4O4/c1-4-2-5(6(3-4)11(18)19)8-13-7-9(14-8)15-12(20)16-10(7)17/h4-6H,2-3H2,1H3,(H,18,19)(H3,13,14,15,16,17,20). The summed E-state index contributed by atoms with van der Waals surface area (Å²) >= 11 is 0. The molecule has 20 heavy (non-hydrogen) atoms. The van der Waals surface area contributed by atoms with Gasteiger partial charge in [0.15, 0.2) is 5.65 Å². The van der Waals surface area contributed by atoms with Gasteiger partial charge < -0.3 is 10.1 Å². The first-order valence-corrected chi connectivity index (χ1v) is 6.40. The summed E-state index contributed by atoms with van der Waals surface area (Å²) in [6.45, 7) is 1.99. The number of carboxylic acid groups (broad SMARTS) is 1. The second-order valence-electron chi connectivity index (χ2n) is 5.38. The molecule has 2 aromatic rings. The maximum atomic E-state index is 11.6. The van der Waals surface area contributed by atoms with Gasteiger partial charge in [0.25, 0.3) is 5.56 Å². The van der Waals surface area contributed by atoms with Gasteiger partial charge in [-0.15, -0.1) is 0 Å². The van der Waals surface area contributed by atoms with E-state index < -0.39 is 23.1 Å². The Morgan fingerprint density at radius 2 is 2.00 bits per heavy atom. The zero-order chi connectivity index (χ0) is 14.4. The number of nitrogens with one attached hydrogen (secondary N) is 3. The van der Waals surface area contributed by atoms with Crippen molar-refractivity contribution in [2.45, 2.75) is 25.7 Å². The van der Waals surface area contributed by atoms with E-state index >= 15 is 0 Å². The number of H-pyrrole nitrogens is 3. The van der Waals surface area contributed by atoms with Crippen molar-refractivity contribution in [2.75, 3.05) is 0 Å². The molecule has 0 saturated heterocycles. The minimum Gasteiger partial charge on any atom is -0.481 e. The largest absolute Gasteiger partial charge is 0.481 e. The van der Waals surface area contributed by atoms with E-state index in [0.29, 0.717) is 18.7 Å². The molecule has 8 heteroatoms. The second kappa shape index (κ2) is 4.32. The van der Waals surface area contributed by atoms with Crippen molar-refractivity contribution < 1.29 is 9.90 Å². The molecule has 0 amide bonds. The first-order valence-electron chi connectivity index (χ1n) is 6.40. The van der Waals surface area contributed by atoms with E-state index in [1.807, 2.05) is 6.92 Å². The zero-order valence-corrected chi connectivity index (χ0v) is 10.8. The third-order valence-corrected chi connectivity index (χ3v) is 3.87. The first-order chi connectivity index (χ1) is 9.45. The Morgan fingerprint density at radius 1 is 1.25 bits per heavy atom. The van der Waals surface area contributed by atoms with E-state index in [9.17, 15) is 19.5 Å². The summed E-state index contributed by atoms with van der Waals surface area (Å²) in [5, 5.41) is 9.27. The fraction of sp³-hybridized carbons (Fsp3) is 0.500. The average molecular weight is 278 g/mol. The zero-order valence-electron chi connectivity index (χ0n) is 10.8. The molecule has 0 spiro atoms. The van der Waals surface area contributed by atoms with Gasteiger partial charge in [0, 0.05) is 5.92 Å². The number of fused-ring (bicyclic) bond motifs is 1. The van der Waals surface area contributed by atoms with Gasteiger partial charge in [-0.1, -0.05) is 6.92 Å². The highest BCUT2D eigenvalue weighted by molar-refractivity contribution is 5.73. The molecule has 106 valence electrons. The third-order valence-electron chi connectivity index (χ3n) is 3.87. The van der Waals surface area contributed by atoms with Crippen molar-refractivity contribution in [1.82, 2.24) is 19.9 Å². The van der Waals surface area contributed by atoms with E-state index in [1.165, 1.54) is 0 Å². The van der Waals surface area contributed by atoms with Gasteiger partial charge in [-0.3, -0.25) is 19.6 Å². The van der Waals surface area contributed by atoms with Crippen LogP contribution in [0.1, 0.15) is 31.5 Å². The lowest BCUT2D eigenvalue weighted by molar-refractivity contribution is -0.142. The summed E-state index contributed by atoms with van der Waals surface area (Å²) in [4.78, 5) is 45.7. The molecule has 8 nitrogen and oxygen atoms in total. The second-order valence-corrected chi connectivity index (χ2v) is 5.38. The summed E-state index contributed by atoms with van der Waals surface area (Å²) in [5.74, 6) is -0.910. The molecular weight excluding hydrogens is 264 g/mol. The monoisotopic (exact) mass is 278 g/mol. The molecule has 1 aliphatic rings. The Hall–Kier alpha value is -2.38. The molecule has 0 bridgehead atoms. The van der Waals surface area contributed by atoms with Gasteiger partial charge in [0.05, 0.1) is 5.92 Å². The number of imidazole rings is 1. The first kappa shape index (κ1) is 12.6. The number of hydrogen-bond donors (Lipinski definition) is 4. The lowest BCUT2D eigenvalue weighted by atomic mass is 9.96. The number of aliphatic carboxylic acids is 1. The van der Waals surface area contributed by atoms with E-state index in [2.05, 4.69) is 19.9 Å². The van der Waals surface area contributed by atoms with Crippen LogP contribution in [0.25, 0.3) is 11.2 Å². The van der Waals surface area contributed by atoms with Crippen LogP contribution in [0.3, 0.4) is 0 Å². The highest BCUT2D eigenvalue weighted by Gasteiger charge is 2.39. The number of aromatic nitrogens is 4. The molecule has 0 aromatic carbocycles. The highest BCUT2D eigenvalue weighted by atomic mass is 16.4. The topological polar surface area (TPSA) is 132 Å². The van der Waals surface area contributed by atoms with Crippen LogP contribution in [0.2, 0.25) is 0 Å². The molecule has 1 aliphatic carbocycles. The van der Waals surface area contributed by atoms with Crippen LogP contribution in [0.4, 0.5) is 0 Å². The minimum atomic E-state index is -0.859. The molecule has 0 aliphatic heterocycles. The maximum absolute atomic E-state index is 11.6. The number of rotatable bonds is 2. The molecular formula is C12H14N4O4. The van der Waals surface area contributed by atoms with Crippen LogP contribution in [0, 0.1) is 11.8 Å². The molecule has 2 aromatic heterocycles. The van der Waals surface area contributed by atoms with Gasteiger partial charge in [0.1, 0.15) is 11.3 Å². The van der Waals surface area contributed by atoms with E-state index in [-0.39, 0.29) is 23.0 Å². The van der Waals surface area contributed by atoms with Gasteiger partial charge in [0.2, 0.25) is 0 Å². The Morgan fingerprint density at radius 3 is 2.70 bits per heavy atom. The summed E-state index contributed by atoms with van der Waals surface area (Å²) in [5.41, 5.74) is -0.851. The normalized spacial score (nSPS) is 26.1. The Kier molecular flexibility index (Phi) is 2.73. The van der Waals surface area contributed by atoms with E-state index in [0.717, 1.165) is 0 Å². The van der Waals surface area contributed by atoms with Crippen LogP contribution in [0.5, 0.6) is 0 Å². The van der Waals surface area contributed by atoms with Crippen molar-refractivity contribution in [2.24, 2.45) is 11.8 Å². The molecule has 2 heterocycles. The third kappa shape index (κ3) is 1.93. The maximum Gasteiger partial charge on any atom is 0.327 e. The molecule has 1 saturated carbocycles. The Labute approximate surface area is 112 Å². The number of carbonyl (C=O) groups is 1. The molecule has 4 N–H and O–H groups in total. The number of hydrogen-bond acceptors (Lipinski definition) is 4. The fourth-order valence-corrected chi connectivity index (χ4v) is 2.99. The number of aromatic amines is 3. The molecule has 3 atom stereocenters. The predicted molar refractivity (Wildman–Crippen MR) is 69.6 cm³/mol. The Bertz CT molecular complexity index is 787. The predicted octanol–water partition coefficient (Wildman–Crippen LogP) is 0.154. The minimum absolute atomic E-state index is 0.164. The van der Waals surface area contributed by atoms with Crippen molar-refractivity contribution in [1.29, 1.82) is 0 Å². The smallest absolute Gasteiger partial charge is 0.327 e. The van der Waals surface area contributed by atoms with Crippen molar-refractivity contribution >= 4 is 17.1 Å². The van der Waals surface area contributed by atoms with Crippen LogP contribution in [-0.4, -0.2) is 31.0 Å². The number of carboxylic acids is 1. The summed E-state index contributed by atoms with van der Waals surface area (Å²) < 4.78 is 0. The van der Waals surface area contributed by atoms with Gasteiger partial charge in [-0.25, -0.2) is 9.78 Å². The van der Waals surface area contributed by atoms with Crippen LogP contribution in [-0.2, 0) is 4.79 Å². The fourth-order valence-electron chi connectivity index (χ4n) is 2.99. The lowest BCUT2D eigenvalue weighted by Crippen LogP contribution is -2.21. The van der Waals surface area contributed by atoms with Crippen LogP contribution >= 0.6 is 0 Å².